The van der Waals surface area contributed by atoms with Crippen molar-refractivity contribution in [3.63, 3.8) is 0 Å². The Morgan fingerprint density at radius 3 is 2.73 bits per heavy atom. The second-order valence-electron chi connectivity index (χ2n) is 3.16. The molecule has 0 aliphatic carbocycles. The van der Waals surface area contributed by atoms with Gasteiger partial charge in [-0.15, -0.1) is 11.3 Å². The molecule has 1 heterocycles. The highest BCUT2D eigenvalue weighted by molar-refractivity contribution is 7.07. The Balaban J connectivity index is 1.81. The summed E-state index contributed by atoms with van der Waals surface area (Å²) in [4.78, 5) is 4.07. The molecule has 0 aliphatic rings. The molecular weight excluding hydrogens is 228 g/mol. The van der Waals surface area contributed by atoms with Crippen LogP contribution in [0.15, 0.2) is 29.6 Å². The smallest absolute Gasteiger partial charge is 0.152 e. The molecule has 0 aliphatic heterocycles. The van der Waals surface area contributed by atoms with E-state index in [2.05, 4.69) is 15.8 Å². The third-order valence-corrected chi connectivity index (χ3v) is 2.82. The number of thiazole rings is 1. The average Bonchev–Trinajstić information content (AvgIpc) is 2.74. The molecule has 0 amide bonds. The number of hydrogen-bond acceptors (Lipinski definition) is 3. The zero-order valence-electron chi connectivity index (χ0n) is 8.03. The van der Waals surface area contributed by atoms with Gasteiger partial charge in [0.05, 0.1) is 5.69 Å². The fourth-order valence-corrected chi connectivity index (χ4v) is 1.84. The fraction of sp³-hybridized carbons (Fsp3) is 0.182. The highest BCUT2D eigenvalue weighted by atomic mass is 35.5. The van der Waals surface area contributed by atoms with Crippen LogP contribution in [0, 0.1) is 5.51 Å². The Morgan fingerprint density at radius 2 is 2.07 bits per heavy atom. The monoisotopic (exact) mass is 237 g/mol. The Morgan fingerprint density at radius 1 is 1.27 bits per heavy atom. The topological polar surface area (TPSA) is 24.9 Å². The molecule has 15 heavy (non-hydrogen) atoms. The zero-order valence-corrected chi connectivity index (χ0v) is 9.61. The molecule has 0 saturated carbocycles. The van der Waals surface area contributed by atoms with Crippen LogP contribution >= 0.6 is 22.9 Å². The standard InChI is InChI=1S/C11H10ClN2S/c12-10-3-1-9(2-4-10)5-13-6-11-7-15-8-14-11/h1-4,7,13H,5-6H2. The summed E-state index contributed by atoms with van der Waals surface area (Å²) < 4.78 is 0. The van der Waals surface area contributed by atoms with Crippen LogP contribution < -0.4 is 5.32 Å². The van der Waals surface area contributed by atoms with Crippen molar-refractivity contribution in [2.45, 2.75) is 13.1 Å². The number of hydrogen-bond donors (Lipinski definition) is 1. The quantitative estimate of drug-likeness (QED) is 0.885. The van der Waals surface area contributed by atoms with Gasteiger partial charge in [-0.1, -0.05) is 23.7 Å². The predicted octanol–water partition coefficient (Wildman–Crippen LogP) is 2.89. The largest absolute Gasteiger partial charge is 0.307 e. The maximum atomic E-state index is 5.79. The minimum absolute atomic E-state index is 0.771. The molecule has 0 unspecified atom stereocenters. The maximum Gasteiger partial charge on any atom is 0.152 e. The van der Waals surface area contributed by atoms with Crippen LogP contribution in [0.3, 0.4) is 0 Å². The van der Waals surface area contributed by atoms with Crippen molar-refractivity contribution in [3.8, 4) is 0 Å². The van der Waals surface area contributed by atoms with Crippen LogP contribution in [-0.4, -0.2) is 4.98 Å². The summed E-state index contributed by atoms with van der Waals surface area (Å²) in [6.45, 7) is 1.61. The summed E-state index contributed by atoms with van der Waals surface area (Å²) in [5.41, 5.74) is 5.08. The van der Waals surface area contributed by atoms with Gasteiger partial charge >= 0.3 is 0 Å². The summed E-state index contributed by atoms with van der Waals surface area (Å²) in [6.07, 6.45) is 0. The molecule has 0 bridgehead atoms. The van der Waals surface area contributed by atoms with E-state index in [-0.39, 0.29) is 0 Å². The summed E-state index contributed by atoms with van der Waals surface area (Å²) in [6, 6.07) is 7.83. The highest BCUT2D eigenvalue weighted by Crippen LogP contribution is 2.09. The van der Waals surface area contributed by atoms with Crippen LogP contribution in [0.2, 0.25) is 5.02 Å². The van der Waals surface area contributed by atoms with Crippen molar-refractivity contribution in [1.82, 2.24) is 10.3 Å². The summed E-state index contributed by atoms with van der Waals surface area (Å²) in [7, 11) is 0. The molecule has 0 saturated heterocycles. The van der Waals surface area contributed by atoms with Gasteiger partial charge < -0.3 is 5.32 Å². The highest BCUT2D eigenvalue weighted by Gasteiger charge is 1.95. The fourth-order valence-electron chi connectivity index (χ4n) is 1.22. The third kappa shape index (κ3) is 3.30. The Kier molecular flexibility index (Phi) is 3.72. The number of nitrogens with zero attached hydrogens (tertiary/aromatic N) is 1. The van der Waals surface area contributed by atoms with Crippen molar-refractivity contribution in [2.24, 2.45) is 0 Å². The van der Waals surface area contributed by atoms with E-state index < -0.39 is 0 Å². The van der Waals surface area contributed by atoms with Crippen molar-refractivity contribution >= 4 is 22.9 Å². The van der Waals surface area contributed by atoms with E-state index in [1.165, 1.54) is 16.9 Å². The SMILES string of the molecule is Clc1ccc(CNCc2cs[c]n2)cc1. The predicted molar refractivity (Wildman–Crippen MR) is 62.9 cm³/mol. The lowest BCUT2D eigenvalue weighted by Crippen LogP contribution is -2.12. The molecule has 1 radical (unpaired) electrons. The first-order chi connectivity index (χ1) is 7.34. The summed E-state index contributed by atoms with van der Waals surface area (Å²) >= 11 is 7.29. The van der Waals surface area contributed by atoms with Crippen LogP contribution in [-0.2, 0) is 13.1 Å². The van der Waals surface area contributed by atoms with E-state index >= 15 is 0 Å². The van der Waals surface area contributed by atoms with E-state index in [1.54, 1.807) is 0 Å². The van der Waals surface area contributed by atoms with Crippen molar-refractivity contribution in [3.05, 3.63) is 51.4 Å². The molecule has 1 N–H and O–H groups in total. The molecule has 1 aromatic heterocycles. The number of rotatable bonds is 4. The van der Waals surface area contributed by atoms with Crippen LogP contribution in [0.4, 0.5) is 0 Å². The molecule has 77 valence electrons. The first-order valence-electron chi connectivity index (χ1n) is 4.60. The summed E-state index contributed by atoms with van der Waals surface area (Å²) in [5.74, 6) is 0. The van der Waals surface area contributed by atoms with Gasteiger partial charge in [-0.05, 0) is 17.7 Å². The average molecular weight is 238 g/mol. The van der Waals surface area contributed by atoms with Crippen LogP contribution in [0.5, 0.6) is 0 Å². The molecule has 2 aromatic rings. The van der Waals surface area contributed by atoms with Gasteiger partial charge in [0.2, 0.25) is 0 Å². The molecule has 4 heteroatoms. The molecule has 2 nitrogen and oxygen atoms in total. The first-order valence-corrected chi connectivity index (χ1v) is 5.86. The van der Waals surface area contributed by atoms with Crippen LogP contribution in [0.25, 0.3) is 0 Å². The maximum absolute atomic E-state index is 5.79. The number of halogens is 1. The number of nitrogens with one attached hydrogen (secondary N) is 1. The van der Waals surface area contributed by atoms with Gasteiger partial charge in [-0.3, -0.25) is 0 Å². The van der Waals surface area contributed by atoms with E-state index in [1.807, 2.05) is 29.6 Å². The molecule has 0 spiro atoms. The Bertz CT molecular complexity index is 397. The van der Waals surface area contributed by atoms with Gasteiger partial charge in [0.15, 0.2) is 5.51 Å². The molecule has 1 aromatic carbocycles. The third-order valence-electron chi connectivity index (χ3n) is 1.99. The molecular formula is C11H10ClN2S. The Labute approximate surface area is 97.9 Å². The second kappa shape index (κ2) is 5.26. The van der Waals surface area contributed by atoms with Crippen LogP contribution in [0.1, 0.15) is 11.3 Å². The van der Waals surface area contributed by atoms with E-state index in [4.69, 9.17) is 11.6 Å². The van der Waals surface area contributed by atoms with Gasteiger partial charge in [-0.2, -0.15) is 0 Å². The molecule has 0 atom stereocenters. The summed E-state index contributed by atoms with van der Waals surface area (Å²) in [5, 5.41) is 6.07. The number of aromatic nitrogens is 1. The van der Waals surface area contributed by atoms with Gasteiger partial charge in [0.25, 0.3) is 0 Å². The molecule has 0 fully saturated rings. The normalized spacial score (nSPS) is 10.5. The zero-order chi connectivity index (χ0) is 10.5. The Hall–Kier alpha value is -0.900. The van der Waals surface area contributed by atoms with Crippen molar-refractivity contribution < 1.29 is 0 Å². The van der Waals surface area contributed by atoms with Gasteiger partial charge in [0, 0.05) is 23.5 Å². The van der Waals surface area contributed by atoms with Gasteiger partial charge in [-0.25, -0.2) is 4.98 Å². The number of benzene rings is 1. The second-order valence-corrected chi connectivity index (χ2v) is 4.25. The minimum Gasteiger partial charge on any atom is -0.307 e. The lowest BCUT2D eigenvalue weighted by atomic mass is 10.2. The van der Waals surface area contributed by atoms with E-state index in [0.29, 0.717) is 0 Å². The lowest BCUT2D eigenvalue weighted by molar-refractivity contribution is 0.682. The lowest BCUT2D eigenvalue weighted by Gasteiger charge is -2.02. The van der Waals surface area contributed by atoms with Crippen molar-refractivity contribution in [1.29, 1.82) is 0 Å². The van der Waals surface area contributed by atoms with E-state index in [0.717, 1.165) is 23.8 Å². The van der Waals surface area contributed by atoms with Crippen molar-refractivity contribution in [2.75, 3.05) is 0 Å². The van der Waals surface area contributed by atoms with E-state index in [9.17, 15) is 0 Å². The first kappa shape index (κ1) is 10.6. The minimum atomic E-state index is 0.771. The van der Waals surface area contributed by atoms with Gasteiger partial charge in [0.1, 0.15) is 0 Å². The molecule has 2 rings (SSSR count).